The van der Waals surface area contributed by atoms with Gasteiger partial charge in [-0.25, -0.2) is 4.90 Å². The summed E-state index contributed by atoms with van der Waals surface area (Å²) in [6.07, 6.45) is -3.48. The molecule has 0 heterocycles. The van der Waals surface area contributed by atoms with Gasteiger partial charge in [-0.05, 0) is 20.8 Å². The highest BCUT2D eigenvalue weighted by molar-refractivity contribution is 5.74. The molecule has 4 N–H and O–H groups in total. The van der Waals surface area contributed by atoms with Gasteiger partial charge in [0.05, 0.1) is 6.10 Å². The van der Waals surface area contributed by atoms with Gasteiger partial charge in [0.1, 0.15) is 18.5 Å². The first-order valence-corrected chi connectivity index (χ1v) is 4.33. The van der Waals surface area contributed by atoms with Crippen molar-refractivity contribution in [2.45, 2.75) is 45.4 Å². The Balaban J connectivity index is 4.83. The molecule has 0 aromatic heterocycles. The van der Waals surface area contributed by atoms with E-state index in [1.165, 1.54) is 20.8 Å². The lowest BCUT2D eigenvalue weighted by atomic mass is 10.1. The zero-order valence-electron chi connectivity index (χ0n) is 8.45. The van der Waals surface area contributed by atoms with Gasteiger partial charge in [0.25, 0.3) is 0 Å². The van der Waals surface area contributed by atoms with Gasteiger partial charge >= 0.3 is 5.97 Å². The van der Waals surface area contributed by atoms with Crippen molar-refractivity contribution in [1.82, 2.24) is 4.90 Å². The van der Waals surface area contributed by atoms with Gasteiger partial charge in [0.2, 0.25) is 0 Å². The van der Waals surface area contributed by atoms with E-state index in [4.69, 9.17) is 5.11 Å². The van der Waals surface area contributed by atoms with Crippen molar-refractivity contribution in [3.8, 4) is 0 Å². The Kier molecular flexibility index (Phi) is 5.00. The molecule has 2 unspecified atom stereocenters. The zero-order valence-corrected chi connectivity index (χ0v) is 8.45. The van der Waals surface area contributed by atoms with Crippen LogP contribution >= 0.6 is 0 Å². The third-order valence-corrected chi connectivity index (χ3v) is 1.89. The van der Waals surface area contributed by atoms with Crippen LogP contribution in [0.5, 0.6) is 0 Å². The number of carbonyl (C=O) groups is 1. The lowest BCUT2D eigenvalue weighted by Crippen LogP contribution is -2.55. The summed E-state index contributed by atoms with van der Waals surface area (Å²) in [5, 5.41) is 36.5. The van der Waals surface area contributed by atoms with E-state index in [0.717, 1.165) is 4.90 Å². The van der Waals surface area contributed by atoms with Gasteiger partial charge in [-0.3, -0.25) is 4.79 Å². The van der Waals surface area contributed by atoms with Crippen LogP contribution in [0.4, 0.5) is 0 Å². The Bertz CT molecular complexity index is 184. The monoisotopic (exact) mass is 207 g/mol. The van der Waals surface area contributed by atoms with E-state index in [2.05, 4.69) is 0 Å². The molecule has 0 fully saturated rings. The second-order valence-corrected chi connectivity index (χ2v) is 3.23. The minimum Gasteiger partial charge on any atom is -0.480 e. The first-order chi connectivity index (χ1) is 6.29. The Hall–Kier alpha value is -0.690. The Morgan fingerprint density at radius 2 is 1.43 bits per heavy atom. The fraction of sp³-hybridized carbons (Fsp3) is 0.875. The van der Waals surface area contributed by atoms with E-state index in [0.29, 0.717) is 0 Å². The molecule has 0 bridgehead atoms. The molecule has 0 aliphatic rings. The van der Waals surface area contributed by atoms with E-state index >= 15 is 0 Å². The molecule has 0 aliphatic heterocycles. The van der Waals surface area contributed by atoms with Crippen molar-refractivity contribution in [2.24, 2.45) is 0 Å². The number of aliphatic hydroxyl groups is 3. The summed E-state index contributed by atoms with van der Waals surface area (Å²) in [7, 11) is 0. The topological polar surface area (TPSA) is 101 Å². The summed E-state index contributed by atoms with van der Waals surface area (Å²) in [5.74, 6) is -1.29. The third-order valence-electron chi connectivity index (χ3n) is 1.89. The predicted molar refractivity (Wildman–Crippen MR) is 48.3 cm³/mol. The standard InChI is InChI=1S/C8H17NO5/c1-4(10)7(8(13)14)9(5(2)11)6(3)12/h4-7,10-12H,1-3H3,(H,13,14)/t4-,5?,6?,7+/m1/s1. The normalized spacial score (nSPS) is 20.2. The lowest BCUT2D eigenvalue weighted by molar-refractivity contribution is -0.170. The van der Waals surface area contributed by atoms with Crippen molar-refractivity contribution in [2.75, 3.05) is 0 Å². The van der Waals surface area contributed by atoms with Gasteiger partial charge in [-0.1, -0.05) is 0 Å². The van der Waals surface area contributed by atoms with Gasteiger partial charge in [0.15, 0.2) is 0 Å². The number of aliphatic carboxylic acids is 1. The zero-order chi connectivity index (χ0) is 11.5. The minimum absolute atomic E-state index is 0.910. The van der Waals surface area contributed by atoms with E-state index in [9.17, 15) is 20.1 Å². The fourth-order valence-corrected chi connectivity index (χ4v) is 1.36. The molecule has 0 aliphatic carbocycles. The molecule has 0 saturated carbocycles. The van der Waals surface area contributed by atoms with Crippen molar-refractivity contribution >= 4 is 5.97 Å². The highest BCUT2D eigenvalue weighted by Crippen LogP contribution is 2.11. The summed E-state index contributed by atoms with van der Waals surface area (Å²) >= 11 is 0. The van der Waals surface area contributed by atoms with Gasteiger partial charge in [-0.15, -0.1) is 0 Å². The van der Waals surface area contributed by atoms with Crippen molar-refractivity contribution < 1.29 is 25.2 Å². The first-order valence-electron chi connectivity index (χ1n) is 4.33. The van der Waals surface area contributed by atoms with Gasteiger partial charge < -0.3 is 20.4 Å². The largest absolute Gasteiger partial charge is 0.480 e. The number of hydrogen-bond donors (Lipinski definition) is 4. The predicted octanol–water partition coefficient (Wildman–Crippen LogP) is -1.20. The average Bonchev–Trinajstić information content (AvgIpc) is 1.96. The molecule has 0 spiro atoms. The number of aliphatic hydroxyl groups excluding tert-OH is 3. The molecule has 4 atom stereocenters. The number of hydrogen-bond acceptors (Lipinski definition) is 5. The molecular weight excluding hydrogens is 190 g/mol. The third kappa shape index (κ3) is 3.22. The van der Waals surface area contributed by atoms with E-state index in [-0.39, 0.29) is 0 Å². The Morgan fingerprint density at radius 1 is 1.07 bits per heavy atom. The van der Waals surface area contributed by atoms with Gasteiger partial charge in [-0.2, -0.15) is 0 Å². The van der Waals surface area contributed by atoms with Crippen LogP contribution in [0.1, 0.15) is 20.8 Å². The fourth-order valence-electron chi connectivity index (χ4n) is 1.36. The highest BCUT2D eigenvalue weighted by atomic mass is 16.4. The van der Waals surface area contributed by atoms with Crippen molar-refractivity contribution in [3.05, 3.63) is 0 Å². The van der Waals surface area contributed by atoms with Crippen LogP contribution in [-0.2, 0) is 4.79 Å². The summed E-state index contributed by atoms with van der Waals surface area (Å²) < 4.78 is 0. The quantitative estimate of drug-likeness (QED) is 0.422. The maximum Gasteiger partial charge on any atom is 0.323 e. The first kappa shape index (κ1) is 13.3. The molecule has 84 valence electrons. The number of carboxylic acids is 1. The second-order valence-electron chi connectivity index (χ2n) is 3.23. The van der Waals surface area contributed by atoms with Crippen LogP contribution in [-0.4, -0.2) is 55.9 Å². The van der Waals surface area contributed by atoms with Crippen LogP contribution in [0.25, 0.3) is 0 Å². The molecule has 0 rings (SSSR count). The maximum absolute atomic E-state index is 10.8. The molecular formula is C8H17NO5. The van der Waals surface area contributed by atoms with Crippen molar-refractivity contribution in [3.63, 3.8) is 0 Å². The van der Waals surface area contributed by atoms with E-state index in [1.807, 2.05) is 0 Å². The minimum atomic E-state index is -1.32. The molecule has 0 aromatic carbocycles. The number of nitrogens with zero attached hydrogens (tertiary/aromatic N) is 1. The van der Waals surface area contributed by atoms with E-state index in [1.54, 1.807) is 0 Å². The van der Waals surface area contributed by atoms with Crippen LogP contribution in [0, 0.1) is 0 Å². The molecule has 0 aromatic rings. The van der Waals surface area contributed by atoms with Crippen molar-refractivity contribution in [1.29, 1.82) is 0 Å². The second kappa shape index (κ2) is 5.26. The average molecular weight is 207 g/mol. The van der Waals surface area contributed by atoms with Crippen LogP contribution < -0.4 is 0 Å². The van der Waals surface area contributed by atoms with E-state index < -0.39 is 30.6 Å². The SMILES string of the molecule is CC(O)N(C(C)O)[C@H](C(=O)O)[C@@H](C)O. The maximum atomic E-state index is 10.8. The molecule has 0 saturated heterocycles. The molecule has 6 heteroatoms. The molecule has 0 radical (unpaired) electrons. The molecule has 14 heavy (non-hydrogen) atoms. The van der Waals surface area contributed by atoms with Crippen LogP contribution in [0.2, 0.25) is 0 Å². The molecule has 0 amide bonds. The van der Waals surface area contributed by atoms with Gasteiger partial charge in [0, 0.05) is 0 Å². The lowest BCUT2D eigenvalue weighted by Gasteiger charge is -2.34. The summed E-state index contributed by atoms with van der Waals surface area (Å²) in [6.45, 7) is 3.94. The van der Waals surface area contributed by atoms with Crippen LogP contribution in [0.3, 0.4) is 0 Å². The van der Waals surface area contributed by atoms with Crippen LogP contribution in [0.15, 0.2) is 0 Å². The Labute approximate surface area is 82.4 Å². The Morgan fingerprint density at radius 3 is 1.50 bits per heavy atom. The highest BCUT2D eigenvalue weighted by Gasteiger charge is 2.35. The smallest absolute Gasteiger partial charge is 0.323 e. The summed E-state index contributed by atoms with van der Waals surface area (Å²) in [6, 6.07) is -1.32. The molecule has 6 nitrogen and oxygen atoms in total. The number of carboxylic acid groups (broad SMARTS) is 1. The summed E-state index contributed by atoms with van der Waals surface area (Å²) in [4.78, 5) is 11.7. The summed E-state index contributed by atoms with van der Waals surface area (Å²) in [5.41, 5.74) is 0. The number of rotatable bonds is 5.